The van der Waals surface area contributed by atoms with Crippen LogP contribution in [-0.2, 0) is 23.6 Å². The first-order chi connectivity index (χ1) is 14.3. The van der Waals surface area contributed by atoms with Crippen LogP contribution in [0.2, 0.25) is 0 Å². The number of esters is 1. The molecule has 1 atom stereocenters. The van der Waals surface area contributed by atoms with Crippen molar-refractivity contribution in [2.24, 2.45) is 14.1 Å². The van der Waals surface area contributed by atoms with Crippen molar-refractivity contribution in [3.05, 3.63) is 55.4 Å². The minimum atomic E-state index is -0.827. The number of carbonyl (C=O) groups excluding carboxylic acids is 1. The number of nitrogens with zero attached hydrogens (tertiary/aromatic N) is 2. The smallest absolute Gasteiger partial charge is 0.337 e. The summed E-state index contributed by atoms with van der Waals surface area (Å²) in [5, 5.41) is 3.04. The topological polar surface area (TPSA) is 110 Å². The minimum absolute atomic E-state index is 0.0170. The van der Waals surface area contributed by atoms with Crippen LogP contribution in [0.4, 0.5) is 5.82 Å². The third-order valence-electron chi connectivity index (χ3n) is 5.49. The normalized spacial score (nSPS) is 17.1. The van der Waals surface area contributed by atoms with Gasteiger partial charge in [0.15, 0.2) is 11.5 Å². The number of benzene rings is 1. The Morgan fingerprint density at radius 3 is 2.23 bits per heavy atom. The van der Waals surface area contributed by atoms with E-state index in [1.165, 1.54) is 32.9 Å². The first kappa shape index (κ1) is 19.6. The monoisotopic (exact) mass is 415 g/mol. The van der Waals surface area contributed by atoms with Gasteiger partial charge in [-0.25, -0.2) is 9.59 Å². The molecule has 1 aromatic carbocycles. The summed E-state index contributed by atoms with van der Waals surface area (Å²) in [6, 6.07) is 3.29. The molecule has 4 rings (SSSR count). The molecule has 2 aliphatic rings. The van der Waals surface area contributed by atoms with Crippen molar-refractivity contribution >= 4 is 11.8 Å². The van der Waals surface area contributed by atoms with E-state index in [-0.39, 0.29) is 12.2 Å². The SMILES string of the molecule is COc1cc(OC)c([C@H]2C3=C(COC3=O)Nc3c2c(=O)n(C)c(=O)n3C)cc1OC. The Labute approximate surface area is 171 Å². The summed E-state index contributed by atoms with van der Waals surface area (Å²) in [4.78, 5) is 38.3. The van der Waals surface area contributed by atoms with Crippen LogP contribution in [0.15, 0.2) is 33.0 Å². The van der Waals surface area contributed by atoms with E-state index >= 15 is 0 Å². The van der Waals surface area contributed by atoms with Crippen molar-refractivity contribution in [3.8, 4) is 17.2 Å². The molecule has 1 N–H and O–H groups in total. The zero-order valence-electron chi connectivity index (χ0n) is 17.2. The highest BCUT2D eigenvalue weighted by molar-refractivity contribution is 5.97. The van der Waals surface area contributed by atoms with Crippen molar-refractivity contribution in [1.82, 2.24) is 9.13 Å². The van der Waals surface area contributed by atoms with Crippen LogP contribution >= 0.6 is 0 Å². The molecule has 3 heterocycles. The number of methoxy groups -OCH3 is 3. The Kier molecular flexibility index (Phi) is 4.56. The molecular weight excluding hydrogens is 394 g/mol. The Hall–Kier alpha value is -3.69. The van der Waals surface area contributed by atoms with Gasteiger partial charge in [0.25, 0.3) is 5.56 Å². The number of nitrogens with one attached hydrogen (secondary N) is 1. The number of aromatic nitrogens is 2. The van der Waals surface area contributed by atoms with Crippen LogP contribution in [0.25, 0.3) is 0 Å². The predicted octanol–water partition coefficient (Wildman–Crippen LogP) is 0.478. The fourth-order valence-electron chi connectivity index (χ4n) is 3.97. The maximum Gasteiger partial charge on any atom is 0.337 e. The largest absolute Gasteiger partial charge is 0.496 e. The van der Waals surface area contributed by atoms with E-state index in [0.717, 1.165) is 4.57 Å². The van der Waals surface area contributed by atoms with Crippen molar-refractivity contribution in [2.45, 2.75) is 5.92 Å². The molecule has 0 fully saturated rings. The van der Waals surface area contributed by atoms with E-state index in [2.05, 4.69) is 5.32 Å². The highest BCUT2D eigenvalue weighted by Gasteiger charge is 2.43. The van der Waals surface area contributed by atoms with Crippen LogP contribution < -0.4 is 30.8 Å². The molecule has 0 amide bonds. The lowest BCUT2D eigenvalue weighted by molar-refractivity contribution is -0.136. The van der Waals surface area contributed by atoms with Crippen LogP contribution in [-0.4, -0.2) is 43.0 Å². The number of anilines is 1. The molecule has 0 radical (unpaired) electrons. The van der Waals surface area contributed by atoms with E-state index in [9.17, 15) is 14.4 Å². The maximum atomic E-state index is 13.2. The van der Waals surface area contributed by atoms with Gasteiger partial charge < -0.3 is 24.3 Å². The van der Waals surface area contributed by atoms with Gasteiger partial charge in [-0.05, 0) is 6.07 Å². The number of hydrogen-bond donors (Lipinski definition) is 1. The number of ether oxygens (including phenoxy) is 4. The summed E-state index contributed by atoms with van der Waals surface area (Å²) >= 11 is 0. The highest BCUT2D eigenvalue weighted by atomic mass is 16.5. The summed E-state index contributed by atoms with van der Waals surface area (Å²) in [5.41, 5.74) is 0.538. The van der Waals surface area contributed by atoms with Crippen LogP contribution in [0, 0.1) is 0 Å². The molecule has 2 aromatic rings. The first-order valence-electron chi connectivity index (χ1n) is 9.11. The summed E-state index contributed by atoms with van der Waals surface area (Å²) < 4.78 is 23.9. The van der Waals surface area contributed by atoms with Gasteiger partial charge in [-0.3, -0.25) is 13.9 Å². The molecule has 0 bridgehead atoms. The molecule has 0 saturated heterocycles. The van der Waals surface area contributed by atoms with Gasteiger partial charge in [0.1, 0.15) is 18.2 Å². The Balaban J connectivity index is 2.11. The summed E-state index contributed by atoms with van der Waals surface area (Å²) in [5.74, 6) is 0.176. The number of cyclic esters (lactones) is 1. The second kappa shape index (κ2) is 6.97. The average Bonchev–Trinajstić information content (AvgIpc) is 3.14. The van der Waals surface area contributed by atoms with E-state index in [0.29, 0.717) is 39.9 Å². The molecule has 30 heavy (non-hydrogen) atoms. The van der Waals surface area contributed by atoms with Crippen molar-refractivity contribution in [3.63, 3.8) is 0 Å². The molecule has 10 nitrogen and oxygen atoms in total. The third kappa shape index (κ3) is 2.60. The number of carbonyl (C=O) groups is 1. The standard InChI is InChI=1S/C20H21N3O7/c1-22-17-16(18(24)23(2)20(22)26)14(15-10(21-17)8-30-19(15)25)9-6-12(28-4)13(29-5)7-11(9)27-3/h6-7,14,21H,8H2,1-5H3/t14-/m0/s1. The van der Waals surface area contributed by atoms with Gasteiger partial charge in [-0.1, -0.05) is 0 Å². The molecule has 0 aliphatic carbocycles. The van der Waals surface area contributed by atoms with Crippen LogP contribution in [0.3, 0.4) is 0 Å². The van der Waals surface area contributed by atoms with Crippen LogP contribution in [0.5, 0.6) is 17.2 Å². The lowest BCUT2D eigenvalue weighted by Crippen LogP contribution is -2.43. The summed E-state index contributed by atoms with van der Waals surface area (Å²) in [6.07, 6.45) is 0. The molecular formula is C20H21N3O7. The van der Waals surface area contributed by atoms with Crippen molar-refractivity contribution < 1.29 is 23.7 Å². The average molecular weight is 415 g/mol. The number of rotatable bonds is 4. The van der Waals surface area contributed by atoms with Gasteiger partial charge in [0.2, 0.25) is 0 Å². The molecule has 0 spiro atoms. The molecule has 0 unspecified atom stereocenters. The fourth-order valence-corrected chi connectivity index (χ4v) is 3.97. The lowest BCUT2D eigenvalue weighted by atomic mass is 9.82. The fraction of sp³-hybridized carbons (Fsp3) is 0.350. The Morgan fingerprint density at radius 2 is 1.60 bits per heavy atom. The van der Waals surface area contributed by atoms with Crippen molar-refractivity contribution in [2.75, 3.05) is 33.3 Å². The predicted molar refractivity (Wildman–Crippen MR) is 106 cm³/mol. The zero-order valence-corrected chi connectivity index (χ0v) is 17.2. The zero-order chi connectivity index (χ0) is 21.7. The van der Waals surface area contributed by atoms with Gasteiger partial charge >= 0.3 is 11.7 Å². The highest BCUT2D eigenvalue weighted by Crippen LogP contribution is 2.47. The second-order valence-corrected chi connectivity index (χ2v) is 6.94. The summed E-state index contributed by atoms with van der Waals surface area (Å²) in [6.45, 7) is 0.0170. The molecule has 10 heteroatoms. The number of hydrogen-bond acceptors (Lipinski definition) is 8. The number of fused-ring (bicyclic) bond motifs is 1. The van der Waals surface area contributed by atoms with E-state index < -0.39 is 23.1 Å². The van der Waals surface area contributed by atoms with Gasteiger partial charge in [-0.2, -0.15) is 0 Å². The summed E-state index contributed by atoms with van der Waals surface area (Å²) in [7, 11) is 7.41. The molecule has 0 saturated carbocycles. The molecule has 1 aromatic heterocycles. The molecule has 158 valence electrons. The van der Waals surface area contributed by atoms with E-state index in [4.69, 9.17) is 18.9 Å². The van der Waals surface area contributed by atoms with Gasteiger partial charge in [0.05, 0.1) is 44.1 Å². The quantitative estimate of drug-likeness (QED) is 0.718. The van der Waals surface area contributed by atoms with E-state index in [1.54, 1.807) is 19.2 Å². The first-order valence-corrected chi connectivity index (χ1v) is 9.11. The Bertz CT molecular complexity index is 1220. The Morgan fingerprint density at radius 1 is 0.967 bits per heavy atom. The second-order valence-electron chi connectivity index (χ2n) is 6.94. The van der Waals surface area contributed by atoms with E-state index in [1.807, 2.05) is 0 Å². The third-order valence-corrected chi connectivity index (χ3v) is 5.49. The van der Waals surface area contributed by atoms with Crippen LogP contribution in [0.1, 0.15) is 17.0 Å². The minimum Gasteiger partial charge on any atom is -0.496 e. The molecule has 2 aliphatic heterocycles. The maximum absolute atomic E-state index is 13.2. The lowest BCUT2D eigenvalue weighted by Gasteiger charge is -2.29. The van der Waals surface area contributed by atoms with Gasteiger partial charge in [0, 0.05) is 25.7 Å². The van der Waals surface area contributed by atoms with Gasteiger partial charge in [-0.15, -0.1) is 0 Å². The van der Waals surface area contributed by atoms with Crippen molar-refractivity contribution in [1.29, 1.82) is 0 Å².